The predicted octanol–water partition coefficient (Wildman–Crippen LogP) is 1.14. The molecule has 6 heteroatoms. The highest BCUT2D eigenvalue weighted by atomic mass is 16.4. The molecule has 0 aliphatic rings. The molecule has 100 valence electrons. The van der Waals surface area contributed by atoms with Crippen molar-refractivity contribution in [2.45, 2.75) is 13.0 Å². The second kappa shape index (κ2) is 5.19. The Kier molecular flexibility index (Phi) is 3.62. The fourth-order valence-electron chi connectivity index (χ4n) is 1.93. The Morgan fingerprint density at radius 2 is 2.05 bits per heavy atom. The Hall–Kier alpha value is -2.21. The maximum absolute atomic E-state index is 11.0. The lowest BCUT2D eigenvalue weighted by atomic mass is 10.2. The summed E-state index contributed by atoms with van der Waals surface area (Å²) in [7, 11) is 1.76. The van der Waals surface area contributed by atoms with E-state index in [4.69, 9.17) is 5.11 Å². The van der Waals surface area contributed by atoms with Crippen LogP contribution in [0.4, 0.5) is 5.82 Å². The Balaban J connectivity index is 2.59. The number of likely N-dealkylation sites (N-methyl/N-ethyl adjacent to an activating group) is 1. The lowest BCUT2D eigenvalue weighted by molar-refractivity contribution is 0.0684. The van der Waals surface area contributed by atoms with Crippen molar-refractivity contribution in [2.75, 3.05) is 18.5 Å². The topological polar surface area (TPSA) is 86.5 Å². The van der Waals surface area contributed by atoms with E-state index in [1.165, 1.54) is 0 Å². The molecule has 1 atom stereocenters. The van der Waals surface area contributed by atoms with Crippen LogP contribution in [0.25, 0.3) is 10.9 Å². The first-order valence-corrected chi connectivity index (χ1v) is 5.88. The summed E-state index contributed by atoms with van der Waals surface area (Å²) in [4.78, 5) is 20.8. The van der Waals surface area contributed by atoms with Gasteiger partial charge in [0.25, 0.3) is 0 Å². The van der Waals surface area contributed by atoms with E-state index in [-0.39, 0.29) is 5.82 Å². The fourth-order valence-corrected chi connectivity index (χ4v) is 1.93. The largest absolute Gasteiger partial charge is 0.475 e. The minimum atomic E-state index is -1.17. The number of carboxylic acids is 1. The van der Waals surface area contributed by atoms with Gasteiger partial charge in [-0.15, -0.1) is 0 Å². The highest BCUT2D eigenvalue weighted by Gasteiger charge is 2.16. The summed E-state index contributed by atoms with van der Waals surface area (Å²) in [6.45, 7) is 2.03. The van der Waals surface area contributed by atoms with Crippen LogP contribution in [-0.4, -0.2) is 45.8 Å². The summed E-state index contributed by atoms with van der Waals surface area (Å²) >= 11 is 0. The highest BCUT2D eigenvalue weighted by molar-refractivity contribution is 5.93. The van der Waals surface area contributed by atoms with Gasteiger partial charge in [0, 0.05) is 19.0 Å². The van der Waals surface area contributed by atoms with Crippen molar-refractivity contribution in [1.82, 2.24) is 9.97 Å². The van der Waals surface area contributed by atoms with Gasteiger partial charge in [-0.05, 0) is 19.1 Å². The number of nitrogens with zero attached hydrogens (tertiary/aromatic N) is 3. The Bertz CT molecular complexity index is 613. The number of fused-ring (bicyclic) bond motifs is 1. The van der Waals surface area contributed by atoms with E-state index in [1.54, 1.807) is 31.0 Å². The van der Waals surface area contributed by atoms with Crippen LogP contribution in [0.1, 0.15) is 17.5 Å². The minimum absolute atomic E-state index is 0.244. The van der Waals surface area contributed by atoms with Crippen LogP contribution < -0.4 is 4.90 Å². The summed E-state index contributed by atoms with van der Waals surface area (Å²) in [6.07, 6.45) is -0.535. The first-order valence-electron chi connectivity index (χ1n) is 5.88. The van der Waals surface area contributed by atoms with Gasteiger partial charge in [-0.1, -0.05) is 12.1 Å². The number of benzene rings is 1. The van der Waals surface area contributed by atoms with Gasteiger partial charge in [0.2, 0.25) is 5.82 Å². The van der Waals surface area contributed by atoms with Crippen LogP contribution in [0.2, 0.25) is 0 Å². The molecule has 1 aromatic carbocycles. The third kappa shape index (κ3) is 2.79. The molecule has 1 aromatic heterocycles. The molecule has 1 heterocycles. The summed E-state index contributed by atoms with van der Waals surface area (Å²) in [5, 5.41) is 19.2. The molecule has 0 spiro atoms. The van der Waals surface area contributed by atoms with Crippen molar-refractivity contribution in [2.24, 2.45) is 0 Å². The first kappa shape index (κ1) is 13.2. The van der Waals surface area contributed by atoms with Crippen molar-refractivity contribution in [3.8, 4) is 0 Å². The standard InChI is InChI=1S/C13H15N3O3/c1-8(17)7-16(2)12-9-5-3-4-6-10(9)14-11(15-12)13(18)19/h3-6,8,17H,7H2,1-2H3,(H,18,19). The molecule has 0 amide bonds. The average molecular weight is 261 g/mol. The van der Waals surface area contributed by atoms with Crippen molar-refractivity contribution in [1.29, 1.82) is 0 Å². The molecule has 0 bridgehead atoms. The van der Waals surface area contributed by atoms with Gasteiger partial charge in [-0.3, -0.25) is 0 Å². The number of rotatable bonds is 4. The van der Waals surface area contributed by atoms with Gasteiger partial charge in [-0.25, -0.2) is 14.8 Å². The maximum atomic E-state index is 11.0. The van der Waals surface area contributed by atoms with Gasteiger partial charge in [0.05, 0.1) is 11.6 Å². The van der Waals surface area contributed by atoms with E-state index in [0.29, 0.717) is 17.9 Å². The van der Waals surface area contributed by atoms with E-state index < -0.39 is 12.1 Å². The number of hydrogen-bond donors (Lipinski definition) is 2. The number of para-hydroxylation sites is 1. The van der Waals surface area contributed by atoms with Gasteiger partial charge in [0.1, 0.15) is 5.82 Å². The molecular formula is C13H15N3O3. The predicted molar refractivity (Wildman–Crippen MR) is 71.4 cm³/mol. The molecular weight excluding hydrogens is 246 g/mol. The van der Waals surface area contributed by atoms with Crippen molar-refractivity contribution in [3.63, 3.8) is 0 Å². The normalized spacial score (nSPS) is 12.4. The zero-order valence-corrected chi connectivity index (χ0v) is 10.7. The zero-order chi connectivity index (χ0) is 14.0. The monoisotopic (exact) mass is 261 g/mol. The maximum Gasteiger partial charge on any atom is 0.374 e. The third-order valence-electron chi connectivity index (χ3n) is 2.67. The van der Waals surface area contributed by atoms with Crippen LogP contribution in [0.5, 0.6) is 0 Å². The van der Waals surface area contributed by atoms with Gasteiger partial charge in [-0.2, -0.15) is 0 Å². The number of aromatic nitrogens is 2. The van der Waals surface area contributed by atoms with Gasteiger partial charge < -0.3 is 15.1 Å². The number of aliphatic hydroxyl groups excluding tert-OH is 1. The summed E-state index contributed by atoms with van der Waals surface area (Å²) in [5.74, 6) is -0.910. The smallest absolute Gasteiger partial charge is 0.374 e. The van der Waals surface area contributed by atoms with Crippen LogP contribution in [-0.2, 0) is 0 Å². The van der Waals surface area contributed by atoms with Crippen molar-refractivity contribution >= 4 is 22.7 Å². The minimum Gasteiger partial charge on any atom is -0.475 e. The van der Waals surface area contributed by atoms with Gasteiger partial charge in [0.15, 0.2) is 0 Å². The number of hydrogen-bond acceptors (Lipinski definition) is 5. The van der Waals surface area contributed by atoms with Gasteiger partial charge >= 0.3 is 5.97 Å². The summed E-state index contributed by atoms with van der Waals surface area (Å²) < 4.78 is 0. The van der Waals surface area contributed by atoms with E-state index in [1.807, 2.05) is 12.1 Å². The SMILES string of the molecule is CC(O)CN(C)c1nc(C(=O)O)nc2ccccc12. The third-order valence-corrected chi connectivity index (χ3v) is 2.67. The second-order valence-corrected chi connectivity index (χ2v) is 4.42. The molecule has 19 heavy (non-hydrogen) atoms. The molecule has 1 unspecified atom stereocenters. The molecule has 2 aromatic rings. The highest BCUT2D eigenvalue weighted by Crippen LogP contribution is 2.23. The molecule has 2 N–H and O–H groups in total. The Labute approximate surface area is 110 Å². The van der Waals surface area contributed by atoms with Crippen LogP contribution in [0.3, 0.4) is 0 Å². The van der Waals surface area contributed by atoms with E-state index in [9.17, 15) is 9.90 Å². The van der Waals surface area contributed by atoms with Crippen molar-refractivity contribution in [3.05, 3.63) is 30.1 Å². The van der Waals surface area contributed by atoms with Crippen molar-refractivity contribution < 1.29 is 15.0 Å². The first-order chi connectivity index (χ1) is 8.99. The number of aromatic carboxylic acids is 1. The van der Waals surface area contributed by atoms with E-state index >= 15 is 0 Å². The quantitative estimate of drug-likeness (QED) is 0.858. The number of aliphatic hydroxyl groups is 1. The molecule has 0 saturated carbocycles. The van der Waals surface area contributed by atoms with Crippen LogP contribution >= 0.6 is 0 Å². The number of carboxylic acid groups (broad SMARTS) is 1. The Morgan fingerprint density at radius 1 is 1.37 bits per heavy atom. The summed E-state index contributed by atoms with van der Waals surface area (Å²) in [5.41, 5.74) is 0.572. The summed E-state index contributed by atoms with van der Waals surface area (Å²) in [6, 6.07) is 7.20. The molecule has 0 fully saturated rings. The molecule has 2 rings (SSSR count). The number of anilines is 1. The van der Waals surface area contributed by atoms with Crippen LogP contribution in [0, 0.1) is 0 Å². The van der Waals surface area contributed by atoms with Crippen LogP contribution in [0.15, 0.2) is 24.3 Å². The molecule has 0 radical (unpaired) electrons. The van der Waals surface area contributed by atoms with E-state index in [2.05, 4.69) is 9.97 Å². The zero-order valence-electron chi connectivity index (χ0n) is 10.7. The Morgan fingerprint density at radius 3 is 2.68 bits per heavy atom. The second-order valence-electron chi connectivity index (χ2n) is 4.42. The lowest BCUT2D eigenvalue weighted by Gasteiger charge is -2.21. The number of carbonyl (C=O) groups is 1. The van der Waals surface area contributed by atoms with E-state index in [0.717, 1.165) is 5.39 Å². The molecule has 6 nitrogen and oxygen atoms in total. The lowest BCUT2D eigenvalue weighted by Crippen LogP contribution is -2.28. The average Bonchev–Trinajstić information content (AvgIpc) is 2.36. The molecule has 0 saturated heterocycles. The molecule has 0 aliphatic heterocycles. The molecule has 0 aliphatic carbocycles. The fraction of sp³-hybridized carbons (Fsp3) is 0.308.